The van der Waals surface area contributed by atoms with Crippen LogP contribution in [0.4, 0.5) is 5.69 Å². The van der Waals surface area contributed by atoms with E-state index in [-0.39, 0.29) is 0 Å². The predicted octanol–water partition coefficient (Wildman–Crippen LogP) is 2.42. The molecule has 0 aliphatic heterocycles. The normalized spacial score (nSPS) is 9.58. The van der Waals surface area contributed by atoms with Gasteiger partial charge in [0.25, 0.3) is 0 Å². The van der Waals surface area contributed by atoms with Gasteiger partial charge in [0.1, 0.15) is 5.75 Å². The second-order valence-electron chi connectivity index (χ2n) is 2.06. The van der Waals surface area contributed by atoms with E-state index < -0.39 is 0 Å². The number of methoxy groups -OCH3 is 1. The number of hydrogen-bond acceptors (Lipinski definition) is 3. The highest BCUT2D eigenvalue weighted by Gasteiger charge is 2.01. The van der Waals surface area contributed by atoms with Crippen LogP contribution < -0.4 is 15.1 Å². The van der Waals surface area contributed by atoms with Gasteiger partial charge in [0.15, 0.2) is 0 Å². The summed E-state index contributed by atoms with van der Waals surface area (Å²) in [5.74, 6) is 0.635. The molecule has 0 unspecified atom stereocenters. The fraction of sp³-hybridized carbons (Fsp3) is 0.143. The lowest BCUT2D eigenvalue weighted by Crippen LogP contribution is -2.09. The number of nitrogens with one attached hydrogen (secondary N) is 2. The lowest BCUT2D eigenvalue weighted by atomic mass is 10.3. The van der Waals surface area contributed by atoms with E-state index in [2.05, 4.69) is 10.4 Å². The summed E-state index contributed by atoms with van der Waals surface area (Å²) >= 11 is 11.0. The van der Waals surface area contributed by atoms with Gasteiger partial charge in [-0.2, -0.15) is 0 Å². The third-order valence-corrected chi connectivity index (χ3v) is 1.68. The van der Waals surface area contributed by atoms with Crippen LogP contribution in [0.25, 0.3) is 0 Å². The van der Waals surface area contributed by atoms with Crippen molar-refractivity contribution in [3.63, 3.8) is 0 Å². The molecule has 0 aliphatic carbocycles. The molecule has 66 valence electrons. The first kappa shape index (κ1) is 9.45. The van der Waals surface area contributed by atoms with Crippen molar-refractivity contribution < 1.29 is 4.74 Å². The number of ether oxygens (including phenoxy) is 1. The molecule has 3 nitrogen and oxygen atoms in total. The molecule has 2 N–H and O–H groups in total. The van der Waals surface area contributed by atoms with Crippen LogP contribution >= 0.6 is 23.4 Å². The average molecular weight is 207 g/mol. The minimum Gasteiger partial charge on any atom is -0.494 e. The van der Waals surface area contributed by atoms with Crippen LogP contribution in [-0.4, -0.2) is 7.11 Å². The molecule has 1 aromatic rings. The number of rotatable bonds is 3. The average Bonchev–Trinajstić information content (AvgIpc) is 2.08. The standard InChI is InChI=1S/C7H8Cl2N2O/c1-12-7-4-5(8)2-3-6(7)10-11-9/h2-4,10-11H,1H3. The highest BCUT2D eigenvalue weighted by molar-refractivity contribution is 6.30. The minimum absolute atomic E-state index is 0.618. The Labute approximate surface area is 80.7 Å². The summed E-state index contributed by atoms with van der Waals surface area (Å²) in [7, 11) is 1.56. The summed E-state index contributed by atoms with van der Waals surface area (Å²) < 4.78 is 5.03. The monoisotopic (exact) mass is 206 g/mol. The fourth-order valence-electron chi connectivity index (χ4n) is 0.819. The highest BCUT2D eigenvalue weighted by atomic mass is 35.5. The molecular formula is C7H8Cl2N2O. The van der Waals surface area contributed by atoms with Crippen LogP contribution in [0.1, 0.15) is 0 Å². The van der Waals surface area contributed by atoms with Crippen molar-refractivity contribution in [3.05, 3.63) is 23.2 Å². The topological polar surface area (TPSA) is 33.3 Å². The smallest absolute Gasteiger partial charge is 0.144 e. The van der Waals surface area contributed by atoms with Gasteiger partial charge in [-0.3, -0.25) is 0 Å². The largest absolute Gasteiger partial charge is 0.494 e. The van der Waals surface area contributed by atoms with Gasteiger partial charge in [-0.15, -0.1) is 4.94 Å². The molecule has 0 spiro atoms. The van der Waals surface area contributed by atoms with Gasteiger partial charge < -0.3 is 10.2 Å². The molecule has 0 saturated heterocycles. The maximum atomic E-state index is 5.73. The third-order valence-electron chi connectivity index (χ3n) is 1.35. The van der Waals surface area contributed by atoms with Crippen molar-refractivity contribution in [2.24, 2.45) is 0 Å². The van der Waals surface area contributed by atoms with Crippen molar-refractivity contribution >= 4 is 29.1 Å². The van der Waals surface area contributed by atoms with E-state index in [9.17, 15) is 0 Å². The molecule has 1 rings (SSSR count). The summed E-state index contributed by atoms with van der Waals surface area (Å²) in [6.07, 6.45) is 0. The van der Waals surface area contributed by atoms with Gasteiger partial charge in [0.2, 0.25) is 0 Å². The second kappa shape index (κ2) is 4.40. The van der Waals surface area contributed by atoms with Crippen molar-refractivity contribution in [2.75, 3.05) is 12.5 Å². The molecule has 0 bridgehead atoms. The molecule has 0 aliphatic rings. The SMILES string of the molecule is COc1cc(Cl)ccc1NNCl. The predicted molar refractivity (Wildman–Crippen MR) is 50.6 cm³/mol. The Balaban J connectivity index is 2.94. The first-order valence-electron chi connectivity index (χ1n) is 3.23. The molecule has 0 amide bonds. The van der Waals surface area contributed by atoms with E-state index in [4.69, 9.17) is 28.1 Å². The number of anilines is 1. The Morgan fingerprint density at radius 2 is 2.17 bits per heavy atom. The number of benzene rings is 1. The van der Waals surface area contributed by atoms with Crippen LogP contribution in [0.15, 0.2) is 18.2 Å². The zero-order valence-corrected chi connectivity index (χ0v) is 7.91. The molecule has 1 aromatic carbocycles. The third kappa shape index (κ3) is 2.17. The van der Waals surface area contributed by atoms with Crippen molar-refractivity contribution in [1.82, 2.24) is 4.94 Å². The number of hydrazine groups is 1. The summed E-state index contributed by atoms with van der Waals surface area (Å²) in [5.41, 5.74) is 3.42. The maximum Gasteiger partial charge on any atom is 0.144 e. The van der Waals surface area contributed by atoms with Gasteiger partial charge in [0.05, 0.1) is 12.8 Å². The summed E-state index contributed by atoms with van der Waals surface area (Å²) in [4.78, 5) is 2.28. The summed E-state index contributed by atoms with van der Waals surface area (Å²) in [6.45, 7) is 0. The van der Waals surface area contributed by atoms with Gasteiger partial charge >= 0.3 is 0 Å². The zero-order chi connectivity index (χ0) is 8.97. The van der Waals surface area contributed by atoms with Crippen molar-refractivity contribution in [2.45, 2.75) is 0 Å². The maximum absolute atomic E-state index is 5.73. The lowest BCUT2D eigenvalue weighted by Gasteiger charge is -2.08. The Morgan fingerprint density at radius 1 is 1.42 bits per heavy atom. The highest BCUT2D eigenvalue weighted by Crippen LogP contribution is 2.26. The molecule has 0 heterocycles. The summed E-state index contributed by atoms with van der Waals surface area (Å²) in [5, 5.41) is 0.618. The molecule has 5 heteroatoms. The van der Waals surface area contributed by atoms with E-state index in [0.29, 0.717) is 10.8 Å². The Morgan fingerprint density at radius 3 is 2.75 bits per heavy atom. The Hall–Kier alpha value is -0.640. The molecule has 0 radical (unpaired) electrons. The quantitative estimate of drug-likeness (QED) is 0.589. The first-order valence-corrected chi connectivity index (χ1v) is 3.98. The van der Waals surface area contributed by atoms with Crippen LogP contribution in [0, 0.1) is 0 Å². The lowest BCUT2D eigenvalue weighted by molar-refractivity contribution is 0.416. The molecule has 0 saturated carbocycles. The Bertz CT molecular complexity index is 268. The first-order chi connectivity index (χ1) is 5.77. The van der Waals surface area contributed by atoms with E-state index in [1.54, 1.807) is 25.3 Å². The molecule has 0 atom stereocenters. The molecular weight excluding hydrogens is 199 g/mol. The van der Waals surface area contributed by atoms with Gasteiger partial charge in [0, 0.05) is 11.1 Å². The van der Waals surface area contributed by atoms with Crippen LogP contribution in [0.2, 0.25) is 5.02 Å². The molecule has 0 aromatic heterocycles. The van der Waals surface area contributed by atoms with Crippen molar-refractivity contribution in [3.8, 4) is 5.75 Å². The fourth-order valence-corrected chi connectivity index (χ4v) is 1.08. The van der Waals surface area contributed by atoms with E-state index in [1.807, 2.05) is 0 Å². The summed E-state index contributed by atoms with van der Waals surface area (Å²) in [6, 6.07) is 5.19. The van der Waals surface area contributed by atoms with Gasteiger partial charge in [-0.05, 0) is 23.9 Å². The van der Waals surface area contributed by atoms with E-state index in [0.717, 1.165) is 5.69 Å². The van der Waals surface area contributed by atoms with Crippen molar-refractivity contribution in [1.29, 1.82) is 0 Å². The number of hydrogen-bond donors (Lipinski definition) is 2. The van der Waals surface area contributed by atoms with Crippen LogP contribution in [-0.2, 0) is 0 Å². The second-order valence-corrected chi connectivity index (χ2v) is 2.69. The zero-order valence-electron chi connectivity index (χ0n) is 6.40. The van der Waals surface area contributed by atoms with E-state index >= 15 is 0 Å². The van der Waals surface area contributed by atoms with Crippen LogP contribution in [0.5, 0.6) is 5.75 Å². The Kier molecular flexibility index (Phi) is 3.47. The molecule has 12 heavy (non-hydrogen) atoms. The number of halogens is 2. The van der Waals surface area contributed by atoms with Gasteiger partial charge in [-0.1, -0.05) is 11.6 Å². The van der Waals surface area contributed by atoms with Gasteiger partial charge in [-0.25, -0.2) is 0 Å². The molecule has 0 fully saturated rings. The van der Waals surface area contributed by atoms with Crippen LogP contribution in [0.3, 0.4) is 0 Å². The minimum atomic E-state index is 0.618. The van der Waals surface area contributed by atoms with E-state index in [1.165, 1.54) is 0 Å².